The fourth-order valence-corrected chi connectivity index (χ4v) is 9.40. The minimum atomic E-state index is -4.64. The van der Waals surface area contributed by atoms with Gasteiger partial charge in [0.05, 0.1) is 22.8 Å². The van der Waals surface area contributed by atoms with Gasteiger partial charge in [0.25, 0.3) is 0 Å². The Hall–Kier alpha value is -5.16. The van der Waals surface area contributed by atoms with Crippen LogP contribution < -0.4 is 22.0 Å². The largest absolute Gasteiger partial charge is 0.323 e. The van der Waals surface area contributed by atoms with E-state index in [1.807, 2.05) is 0 Å². The van der Waals surface area contributed by atoms with Crippen LogP contribution in [0, 0.1) is 22.5 Å². The predicted molar refractivity (Wildman–Crippen MR) is 179 cm³/mol. The molecule has 0 aliphatic heterocycles. The molecule has 0 amide bonds. The van der Waals surface area contributed by atoms with Gasteiger partial charge in [0.1, 0.15) is 21.1 Å². The van der Waals surface area contributed by atoms with Gasteiger partial charge in [0.15, 0.2) is 0 Å². The van der Waals surface area contributed by atoms with Gasteiger partial charge in [-0.3, -0.25) is 10.8 Å². The molecular formula is C32H28F2N8O4S2. The van der Waals surface area contributed by atoms with Crippen molar-refractivity contribution in [3.8, 4) is 11.1 Å². The highest BCUT2D eigenvalue weighted by Crippen LogP contribution is 2.48. The third-order valence-electron chi connectivity index (χ3n) is 9.10. The number of primary sulfonamides is 2. The Bertz CT molecular complexity index is 2200. The van der Waals surface area contributed by atoms with Crippen LogP contribution in [0.25, 0.3) is 11.1 Å². The molecule has 0 saturated carbocycles. The summed E-state index contributed by atoms with van der Waals surface area (Å²) in [5, 5.41) is 35.7. The summed E-state index contributed by atoms with van der Waals surface area (Å²) in [4.78, 5) is 0. The summed E-state index contributed by atoms with van der Waals surface area (Å²) in [5.41, 5.74) is -0.425. The molecule has 4 aromatic carbocycles. The number of fused-ring (bicyclic) bond motifs is 2. The minimum absolute atomic E-state index is 0.0708. The van der Waals surface area contributed by atoms with Crippen molar-refractivity contribution in [1.82, 2.24) is 0 Å². The molecule has 2 unspecified atom stereocenters. The van der Waals surface area contributed by atoms with Crippen LogP contribution in [0.15, 0.2) is 95.1 Å². The smallest absolute Gasteiger partial charge is 0.223 e. The second kappa shape index (κ2) is 11.2. The van der Waals surface area contributed by atoms with Crippen molar-refractivity contribution in [2.75, 3.05) is 0 Å². The maximum absolute atomic E-state index is 16.2. The molecule has 0 heterocycles. The highest BCUT2D eigenvalue weighted by Gasteiger charge is 2.54. The zero-order valence-corrected chi connectivity index (χ0v) is 26.5. The maximum atomic E-state index is 16.2. The van der Waals surface area contributed by atoms with Crippen molar-refractivity contribution in [3.05, 3.63) is 130 Å². The van der Waals surface area contributed by atoms with E-state index in [1.54, 1.807) is 12.1 Å². The molecule has 246 valence electrons. The molecule has 48 heavy (non-hydrogen) atoms. The Balaban J connectivity index is 1.51. The summed E-state index contributed by atoms with van der Waals surface area (Å²) in [6, 6.07) is 19.3. The van der Waals surface area contributed by atoms with E-state index in [9.17, 15) is 16.8 Å². The number of rotatable bonds is 5. The number of nitrogens with zero attached hydrogens (tertiary/aromatic N) is 2. The maximum Gasteiger partial charge on any atom is 0.223 e. The Morgan fingerprint density at radius 1 is 0.583 bits per heavy atom. The Kier molecular flexibility index (Phi) is 7.66. The zero-order chi connectivity index (χ0) is 34.8. The van der Waals surface area contributed by atoms with Gasteiger partial charge in [0, 0.05) is 35.1 Å². The normalized spacial score (nSPS) is 22.8. The van der Waals surface area contributed by atoms with Crippen LogP contribution in [0.2, 0.25) is 0 Å². The van der Waals surface area contributed by atoms with Gasteiger partial charge in [-0.05, 0) is 34.4 Å². The lowest BCUT2D eigenvalue weighted by molar-refractivity contribution is 0.534. The number of benzene rings is 4. The van der Waals surface area contributed by atoms with Crippen LogP contribution in [0.4, 0.5) is 8.78 Å². The van der Waals surface area contributed by atoms with Crippen LogP contribution in [-0.2, 0) is 29.5 Å². The van der Waals surface area contributed by atoms with Gasteiger partial charge >= 0.3 is 0 Å². The van der Waals surface area contributed by atoms with Crippen molar-refractivity contribution < 1.29 is 25.6 Å². The molecule has 10 N–H and O–H groups in total. The average molecular weight is 691 g/mol. The summed E-state index contributed by atoms with van der Waals surface area (Å²) in [7, 11) is -9.27. The van der Waals surface area contributed by atoms with E-state index in [2.05, 4.69) is 10.2 Å². The third-order valence-corrected chi connectivity index (χ3v) is 12.2. The molecule has 12 nitrogen and oxygen atoms in total. The van der Waals surface area contributed by atoms with Crippen LogP contribution in [0.3, 0.4) is 0 Å². The van der Waals surface area contributed by atoms with Crippen molar-refractivity contribution in [2.45, 2.75) is 22.3 Å². The van der Waals surface area contributed by atoms with Crippen molar-refractivity contribution in [3.63, 3.8) is 0 Å². The first-order valence-electron chi connectivity index (χ1n) is 14.2. The quantitative estimate of drug-likeness (QED) is 0.136. The first-order chi connectivity index (χ1) is 22.6. The summed E-state index contributed by atoms with van der Waals surface area (Å²) < 4.78 is 81.4. The van der Waals surface area contributed by atoms with E-state index in [4.69, 9.17) is 32.8 Å². The molecular weight excluding hydrogens is 663 g/mol. The van der Waals surface area contributed by atoms with Crippen LogP contribution in [0.5, 0.6) is 0 Å². The Morgan fingerprint density at radius 2 is 0.938 bits per heavy atom. The monoisotopic (exact) mass is 690 g/mol. The highest BCUT2D eigenvalue weighted by molar-refractivity contribution is 7.90. The molecule has 0 bridgehead atoms. The summed E-state index contributed by atoms with van der Waals surface area (Å²) in [6.07, 6.45) is -1.03. The lowest BCUT2D eigenvalue weighted by atomic mass is 9.75. The molecule has 0 fully saturated rings. The van der Waals surface area contributed by atoms with Gasteiger partial charge in [-0.1, -0.05) is 72.8 Å². The standard InChI is InChI=1S/C32H28F2N8O4S2/c33-25-13-17(9-11-23(25)31(47(39,43)44)15-27(41-37)29(35)19-5-1-3-7-21(19)31)18-10-12-24(26(34)14-18)32(48(40,45)46)16-28(42-38)30(36)20-6-2-4-8-22(20)32/h1-14,35-36H,15-16,37-38H2,(H2,39,43,44)(H2,40,45,46). The second-order valence-corrected chi connectivity index (χ2v) is 15.1. The number of sulfonamides is 2. The lowest BCUT2D eigenvalue weighted by Gasteiger charge is -2.38. The van der Waals surface area contributed by atoms with Crippen molar-refractivity contribution in [1.29, 1.82) is 10.8 Å². The molecule has 0 radical (unpaired) electrons. The molecule has 0 spiro atoms. The third kappa shape index (κ3) is 4.59. The first kappa shape index (κ1) is 32.8. The van der Waals surface area contributed by atoms with Crippen LogP contribution >= 0.6 is 0 Å². The molecule has 0 aromatic heterocycles. The van der Waals surface area contributed by atoms with E-state index >= 15 is 8.78 Å². The SMILES string of the molecule is N=C1C(=NN)CC(c2ccc(-c3ccc(C4(S(N)(=O)=O)CC(=NN)C(=N)c5ccccc54)c(F)c3)cc2F)(S(N)(=O)=O)c2ccccc21. The summed E-state index contributed by atoms with van der Waals surface area (Å²) in [6.45, 7) is 0. The molecule has 2 aliphatic carbocycles. The number of nitrogens with two attached hydrogens (primary N) is 4. The van der Waals surface area contributed by atoms with Gasteiger partial charge in [-0.2, -0.15) is 10.2 Å². The van der Waals surface area contributed by atoms with E-state index in [0.29, 0.717) is 0 Å². The van der Waals surface area contributed by atoms with Gasteiger partial charge < -0.3 is 11.7 Å². The van der Waals surface area contributed by atoms with E-state index in [1.165, 1.54) is 60.7 Å². The van der Waals surface area contributed by atoms with Gasteiger partial charge in [-0.15, -0.1) is 0 Å². The Labute approximate surface area is 274 Å². The van der Waals surface area contributed by atoms with Crippen LogP contribution in [0.1, 0.15) is 46.2 Å². The lowest BCUT2D eigenvalue weighted by Crippen LogP contribution is -2.49. The highest BCUT2D eigenvalue weighted by atomic mass is 32.2. The van der Waals surface area contributed by atoms with E-state index in [-0.39, 0.29) is 67.4 Å². The summed E-state index contributed by atoms with van der Waals surface area (Å²) in [5.74, 6) is 9.01. The number of nitrogens with one attached hydrogen (secondary N) is 2. The summed E-state index contributed by atoms with van der Waals surface area (Å²) >= 11 is 0. The molecule has 2 atom stereocenters. The first-order valence-corrected chi connectivity index (χ1v) is 17.3. The average Bonchev–Trinajstić information content (AvgIpc) is 3.05. The Morgan fingerprint density at radius 3 is 1.25 bits per heavy atom. The van der Waals surface area contributed by atoms with Crippen LogP contribution in [-0.4, -0.2) is 39.7 Å². The number of halogens is 2. The minimum Gasteiger partial charge on any atom is -0.323 e. The number of hydrogen-bond donors (Lipinski definition) is 6. The zero-order valence-electron chi connectivity index (χ0n) is 24.9. The molecule has 6 rings (SSSR count). The van der Waals surface area contributed by atoms with Gasteiger partial charge in [-0.25, -0.2) is 35.9 Å². The van der Waals surface area contributed by atoms with Gasteiger partial charge in [0.2, 0.25) is 20.0 Å². The van der Waals surface area contributed by atoms with Crippen molar-refractivity contribution in [2.24, 2.45) is 32.2 Å². The topological polar surface area (TPSA) is 245 Å². The second-order valence-electron chi connectivity index (χ2n) is 11.5. The fraction of sp³-hybridized carbons (Fsp3) is 0.125. The molecule has 4 aromatic rings. The van der Waals surface area contributed by atoms with E-state index < -0.39 is 54.0 Å². The fourth-order valence-electron chi connectivity index (χ4n) is 6.82. The molecule has 0 saturated heterocycles. The van der Waals surface area contributed by atoms with E-state index in [0.717, 1.165) is 12.1 Å². The predicted octanol–water partition coefficient (Wildman–Crippen LogP) is 2.87. The molecule has 2 aliphatic rings. The van der Waals surface area contributed by atoms with Crippen molar-refractivity contribution >= 4 is 42.9 Å². The molecule has 16 heteroatoms. The number of hydrazone groups is 2. The number of hydrogen-bond acceptors (Lipinski definition) is 10.